The van der Waals surface area contributed by atoms with Gasteiger partial charge in [-0.05, 0) is 31.2 Å². The number of aromatic carboxylic acids is 1. The second kappa shape index (κ2) is 8.14. The molecule has 1 aromatic carbocycles. The minimum Gasteiger partial charge on any atom is -0.478 e. The van der Waals surface area contributed by atoms with Crippen LogP contribution in [0.15, 0.2) is 18.2 Å². The normalized spacial score (nSPS) is 22.0. The molecule has 3 rings (SSSR count). The molecule has 0 spiro atoms. The van der Waals surface area contributed by atoms with E-state index in [0.29, 0.717) is 18.3 Å². The number of rotatable bonds is 5. The number of amides is 1. The van der Waals surface area contributed by atoms with Crippen LogP contribution >= 0.6 is 11.6 Å². The van der Waals surface area contributed by atoms with Gasteiger partial charge in [0.1, 0.15) is 0 Å². The van der Waals surface area contributed by atoms with Crippen LogP contribution in [0.25, 0.3) is 0 Å². The first-order valence-electron chi connectivity index (χ1n) is 8.53. The molecule has 1 atom stereocenters. The summed E-state index contributed by atoms with van der Waals surface area (Å²) >= 11 is 5.84. The van der Waals surface area contributed by atoms with Gasteiger partial charge in [0.15, 0.2) is 0 Å². The first-order valence-corrected chi connectivity index (χ1v) is 8.90. The highest BCUT2D eigenvalue weighted by Gasteiger charge is 2.26. The number of benzene rings is 1. The van der Waals surface area contributed by atoms with Crippen LogP contribution in [0.3, 0.4) is 0 Å². The van der Waals surface area contributed by atoms with Gasteiger partial charge >= 0.3 is 5.97 Å². The Morgan fingerprint density at radius 3 is 2.68 bits per heavy atom. The molecule has 2 fully saturated rings. The van der Waals surface area contributed by atoms with Crippen molar-refractivity contribution in [3.8, 4) is 0 Å². The molecule has 25 heavy (non-hydrogen) atoms. The van der Waals surface area contributed by atoms with E-state index in [1.165, 1.54) is 18.6 Å². The smallest absolute Gasteiger partial charge is 0.337 e. The fraction of sp³-hybridized carbons (Fsp3) is 0.529. The van der Waals surface area contributed by atoms with Crippen molar-refractivity contribution >= 4 is 29.2 Å². The minimum absolute atomic E-state index is 0.0155. The maximum Gasteiger partial charge on any atom is 0.337 e. The van der Waals surface area contributed by atoms with Crippen LogP contribution in [0.1, 0.15) is 16.8 Å². The summed E-state index contributed by atoms with van der Waals surface area (Å²) in [4.78, 5) is 27.9. The fourth-order valence-corrected chi connectivity index (χ4v) is 3.61. The lowest BCUT2D eigenvalue weighted by Gasteiger charge is -2.37. The van der Waals surface area contributed by atoms with Crippen molar-refractivity contribution in [2.75, 3.05) is 51.1 Å². The van der Waals surface area contributed by atoms with Crippen molar-refractivity contribution in [2.24, 2.45) is 0 Å². The third kappa shape index (κ3) is 4.70. The maximum atomic E-state index is 12.2. The van der Waals surface area contributed by atoms with Crippen molar-refractivity contribution in [3.63, 3.8) is 0 Å². The molecule has 0 saturated carbocycles. The van der Waals surface area contributed by atoms with Gasteiger partial charge in [-0.3, -0.25) is 14.6 Å². The van der Waals surface area contributed by atoms with Gasteiger partial charge < -0.3 is 15.7 Å². The highest BCUT2D eigenvalue weighted by Crippen LogP contribution is 2.20. The Balaban J connectivity index is 1.48. The molecule has 2 heterocycles. The summed E-state index contributed by atoms with van der Waals surface area (Å²) < 4.78 is 0. The topological polar surface area (TPSA) is 84.9 Å². The zero-order chi connectivity index (χ0) is 17.8. The second-order valence-electron chi connectivity index (χ2n) is 6.51. The van der Waals surface area contributed by atoms with Gasteiger partial charge in [0.05, 0.1) is 17.1 Å². The molecule has 2 saturated heterocycles. The Hall–Kier alpha value is -1.67. The number of halogens is 1. The first kappa shape index (κ1) is 18.1. The van der Waals surface area contributed by atoms with Crippen molar-refractivity contribution in [1.82, 2.24) is 15.1 Å². The Morgan fingerprint density at radius 2 is 2.04 bits per heavy atom. The molecule has 2 aliphatic heterocycles. The molecule has 0 aromatic heterocycles. The molecule has 2 aliphatic rings. The number of hydrogen-bond acceptors (Lipinski definition) is 5. The van der Waals surface area contributed by atoms with Crippen LogP contribution in [0.2, 0.25) is 5.02 Å². The van der Waals surface area contributed by atoms with E-state index in [2.05, 4.69) is 20.4 Å². The zero-order valence-electron chi connectivity index (χ0n) is 14.0. The van der Waals surface area contributed by atoms with Gasteiger partial charge in [-0.2, -0.15) is 0 Å². The predicted molar refractivity (Wildman–Crippen MR) is 96.3 cm³/mol. The Kier molecular flexibility index (Phi) is 5.90. The molecule has 0 bridgehead atoms. The highest BCUT2D eigenvalue weighted by atomic mass is 35.5. The van der Waals surface area contributed by atoms with Crippen LogP contribution in [0, 0.1) is 0 Å². The zero-order valence-corrected chi connectivity index (χ0v) is 14.8. The molecule has 7 nitrogen and oxygen atoms in total. The molecule has 0 aliphatic carbocycles. The molecule has 0 radical (unpaired) electrons. The molecule has 3 N–H and O–H groups in total. The number of hydrogen-bond donors (Lipinski definition) is 3. The van der Waals surface area contributed by atoms with Crippen molar-refractivity contribution in [1.29, 1.82) is 0 Å². The van der Waals surface area contributed by atoms with Crippen LogP contribution in [0.5, 0.6) is 0 Å². The van der Waals surface area contributed by atoms with Crippen molar-refractivity contribution in [2.45, 2.75) is 12.5 Å². The summed E-state index contributed by atoms with van der Waals surface area (Å²) in [5.74, 6) is -1.26. The molecule has 8 heteroatoms. The quantitative estimate of drug-likeness (QED) is 0.719. The SMILES string of the molecule is O=C(CN1CCN([C@H]2CCNC2)CC1)Nc1ccc(Cl)c(C(=O)O)c1. The number of piperazine rings is 1. The third-order valence-electron chi connectivity index (χ3n) is 4.81. The van der Waals surface area contributed by atoms with E-state index >= 15 is 0 Å². The van der Waals surface area contributed by atoms with Gasteiger partial charge in [-0.25, -0.2) is 4.79 Å². The Labute approximate surface area is 151 Å². The average molecular weight is 367 g/mol. The summed E-state index contributed by atoms with van der Waals surface area (Å²) in [5, 5.41) is 15.4. The monoisotopic (exact) mass is 366 g/mol. The van der Waals surface area contributed by atoms with Crippen molar-refractivity contribution in [3.05, 3.63) is 28.8 Å². The van der Waals surface area contributed by atoms with E-state index in [-0.39, 0.29) is 16.5 Å². The number of carboxylic acids is 1. The molecule has 1 amide bonds. The number of nitrogens with zero attached hydrogens (tertiary/aromatic N) is 2. The summed E-state index contributed by atoms with van der Waals surface area (Å²) in [7, 11) is 0. The largest absolute Gasteiger partial charge is 0.478 e. The molecular formula is C17H23ClN4O3. The van der Waals surface area contributed by atoms with Gasteiger partial charge in [-0.15, -0.1) is 0 Å². The standard InChI is InChI=1S/C17H23ClN4O3/c18-15-2-1-12(9-14(15)17(24)25)20-16(23)11-21-5-7-22(8-6-21)13-3-4-19-10-13/h1-2,9,13,19H,3-8,10-11H2,(H,20,23)(H,24,25)/t13-/m0/s1. The summed E-state index contributed by atoms with van der Waals surface area (Å²) in [5.41, 5.74) is 0.431. The van der Waals surface area contributed by atoms with Crippen LogP contribution < -0.4 is 10.6 Å². The van der Waals surface area contributed by atoms with Gasteiger partial charge in [-0.1, -0.05) is 11.6 Å². The van der Waals surface area contributed by atoms with Crippen molar-refractivity contribution < 1.29 is 14.7 Å². The molecule has 136 valence electrons. The van der Waals surface area contributed by atoms with E-state index in [1.807, 2.05) is 0 Å². The number of carbonyl (C=O) groups is 2. The summed E-state index contributed by atoms with van der Waals surface area (Å²) in [6.45, 7) is 6.14. The Bertz CT molecular complexity index is 641. The number of carbonyl (C=O) groups excluding carboxylic acids is 1. The number of anilines is 1. The van der Waals surface area contributed by atoms with Crippen LogP contribution in [0.4, 0.5) is 5.69 Å². The van der Waals surface area contributed by atoms with E-state index in [1.54, 1.807) is 6.07 Å². The van der Waals surface area contributed by atoms with Crippen LogP contribution in [-0.2, 0) is 4.79 Å². The second-order valence-corrected chi connectivity index (χ2v) is 6.91. The van der Waals surface area contributed by atoms with Crippen LogP contribution in [-0.4, -0.2) is 78.6 Å². The average Bonchev–Trinajstić information content (AvgIpc) is 3.11. The highest BCUT2D eigenvalue weighted by molar-refractivity contribution is 6.33. The lowest BCUT2D eigenvalue weighted by molar-refractivity contribution is -0.117. The summed E-state index contributed by atoms with van der Waals surface area (Å²) in [6, 6.07) is 5.10. The lowest BCUT2D eigenvalue weighted by atomic mass is 10.2. The van der Waals surface area contributed by atoms with E-state index < -0.39 is 5.97 Å². The van der Waals surface area contributed by atoms with Gasteiger partial charge in [0, 0.05) is 44.5 Å². The van der Waals surface area contributed by atoms with E-state index in [4.69, 9.17) is 16.7 Å². The van der Waals surface area contributed by atoms with Gasteiger partial charge in [0.25, 0.3) is 0 Å². The molecule has 0 unspecified atom stereocenters. The summed E-state index contributed by atoms with van der Waals surface area (Å²) in [6.07, 6.45) is 1.20. The third-order valence-corrected chi connectivity index (χ3v) is 5.13. The predicted octanol–water partition coefficient (Wildman–Crippen LogP) is 0.956. The molecule has 1 aromatic rings. The fourth-order valence-electron chi connectivity index (χ4n) is 3.41. The maximum absolute atomic E-state index is 12.2. The number of nitrogens with one attached hydrogen (secondary N) is 2. The van der Waals surface area contributed by atoms with E-state index in [0.717, 1.165) is 39.3 Å². The minimum atomic E-state index is -1.11. The lowest BCUT2D eigenvalue weighted by Crippen LogP contribution is -2.52. The van der Waals surface area contributed by atoms with E-state index in [9.17, 15) is 9.59 Å². The van der Waals surface area contributed by atoms with Gasteiger partial charge in [0.2, 0.25) is 5.91 Å². The first-order chi connectivity index (χ1) is 12.0. The number of carboxylic acid groups (broad SMARTS) is 1. The Morgan fingerprint density at radius 1 is 1.28 bits per heavy atom. The molecular weight excluding hydrogens is 344 g/mol.